The summed E-state index contributed by atoms with van der Waals surface area (Å²) in [6.45, 7) is 0. The zero-order valence-electron chi connectivity index (χ0n) is 19.3. The predicted octanol–water partition coefficient (Wildman–Crippen LogP) is 7.82. The Bertz CT molecular complexity index is 1930. The fourth-order valence-corrected chi connectivity index (χ4v) is 5.85. The van der Waals surface area contributed by atoms with Crippen LogP contribution in [0.2, 0.25) is 0 Å². The Hall–Kier alpha value is -4.96. The summed E-state index contributed by atoms with van der Waals surface area (Å²) in [5.41, 5.74) is 5.70. The molecule has 0 fully saturated rings. The largest absolute Gasteiger partial charge is 0.307 e. The molecule has 0 aliphatic carbocycles. The highest BCUT2D eigenvalue weighted by Gasteiger charge is 2.24. The van der Waals surface area contributed by atoms with Crippen molar-refractivity contribution in [3.05, 3.63) is 122 Å². The van der Waals surface area contributed by atoms with Gasteiger partial charge in [0.1, 0.15) is 0 Å². The minimum atomic E-state index is 0.671. The number of rotatable bonds is 2. The van der Waals surface area contributed by atoms with E-state index < -0.39 is 0 Å². The van der Waals surface area contributed by atoms with E-state index in [0.29, 0.717) is 5.95 Å². The van der Waals surface area contributed by atoms with E-state index in [1.807, 2.05) is 18.5 Å². The molecular formula is C32H20N4. The Labute approximate surface area is 206 Å². The zero-order valence-corrected chi connectivity index (χ0v) is 19.3. The molecule has 5 aromatic carbocycles. The first-order valence-electron chi connectivity index (χ1n) is 12.1. The SMILES string of the molecule is c1ccc(-n2c3ccccc3c3c4ccccc4c4c5ccccc5n(-c5ncccn5)c4c32)cc1. The predicted molar refractivity (Wildman–Crippen MR) is 148 cm³/mol. The lowest BCUT2D eigenvalue weighted by Gasteiger charge is -2.12. The summed E-state index contributed by atoms with van der Waals surface area (Å²) >= 11 is 0. The van der Waals surface area contributed by atoms with Crippen LogP contribution in [0.1, 0.15) is 0 Å². The first-order chi connectivity index (χ1) is 17.9. The molecule has 0 radical (unpaired) electrons. The molecule has 3 aromatic heterocycles. The van der Waals surface area contributed by atoms with Crippen LogP contribution < -0.4 is 0 Å². The van der Waals surface area contributed by atoms with Crippen LogP contribution in [-0.4, -0.2) is 19.1 Å². The molecule has 0 bridgehead atoms. The minimum absolute atomic E-state index is 0.671. The van der Waals surface area contributed by atoms with Crippen molar-refractivity contribution in [1.82, 2.24) is 19.1 Å². The highest BCUT2D eigenvalue weighted by Crippen LogP contribution is 2.46. The molecule has 36 heavy (non-hydrogen) atoms. The van der Waals surface area contributed by atoms with Crippen molar-refractivity contribution in [2.45, 2.75) is 0 Å². The zero-order chi connectivity index (χ0) is 23.6. The van der Waals surface area contributed by atoms with Crippen molar-refractivity contribution < 1.29 is 0 Å². The van der Waals surface area contributed by atoms with Crippen molar-refractivity contribution in [2.75, 3.05) is 0 Å². The van der Waals surface area contributed by atoms with Gasteiger partial charge >= 0.3 is 0 Å². The van der Waals surface area contributed by atoms with Crippen molar-refractivity contribution >= 4 is 54.4 Å². The van der Waals surface area contributed by atoms with Gasteiger partial charge in [0, 0.05) is 39.6 Å². The van der Waals surface area contributed by atoms with Crippen molar-refractivity contribution in [1.29, 1.82) is 0 Å². The molecule has 8 aromatic rings. The molecule has 4 nitrogen and oxygen atoms in total. The highest BCUT2D eigenvalue weighted by molar-refractivity contribution is 6.36. The lowest BCUT2D eigenvalue weighted by molar-refractivity contribution is 0.988. The number of aromatic nitrogens is 4. The molecule has 0 saturated heterocycles. The van der Waals surface area contributed by atoms with Crippen LogP contribution in [0, 0.1) is 0 Å². The van der Waals surface area contributed by atoms with Crippen molar-refractivity contribution in [3.63, 3.8) is 0 Å². The van der Waals surface area contributed by atoms with E-state index in [4.69, 9.17) is 9.97 Å². The van der Waals surface area contributed by atoms with Crippen LogP contribution in [0.4, 0.5) is 0 Å². The summed E-state index contributed by atoms with van der Waals surface area (Å²) in [6, 6.07) is 38.6. The molecular weight excluding hydrogens is 440 g/mol. The average Bonchev–Trinajstić information content (AvgIpc) is 3.48. The number of benzene rings is 5. The molecule has 0 amide bonds. The Morgan fingerprint density at radius 1 is 0.417 bits per heavy atom. The van der Waals surface area contributed by atoms with E-state index in [0.717, 1.165) is 16.7 Å². The second-order valence-electron chi connectivity index (χ2n) is 9.08. The van der Waals surface area contributed by atoms with E-state index in [2.05, 4.69) is 112 Å². The van der Waals surface area contributed by atoms with Gasteiger partial charge in [-0.2, -0.15) is 0 Å². The molecule has 0 N–H and O–H groups in total. The maximum Gasteiger partial charge on any atom is 0.234 e. The van der Waals surface area contributed by atoms with E-state index in [1.165, 1.54) is 43.4 Å². The van der Waals surface area contributed by atoms with E-state index >= 15 is 0 Å². The van der Waals surface area contributed by atoms with Crippen molar-refractivity contribution in [2.24, 2.45) is 0 Å². The van der Waals surface area contributed by atoms with Crippen LogP contribution in [0.15, 0.2) is 122 Å². The molecule has 0 aliphatic heterocycles. The van der Waals surface area contributed by atoms with Crippen LogP contribution >= 0.6 is 0 Å². The third kappa shape index (κ3) is 2.48. The van der Waals surface area contributed by atoms with Crippen molar-refractivity contribution in [3.8, 4) is 11.6 Å². The van der Waals surface area contributed by atoms with Gasteiger partial charge in [-0.05, 0) is 41.1 Å². The third-order valence-corrected chi connectivity index (χ3v) is 7.21. The molecule has 0 unspecified atom stereocenters. The first-order valence-corrected chi connectivity index (χ1v) is 12.1. The quantitative estimate of drug-likeness (QED) is 0.264. The number of fused-ring (bicyclic) bond motifs is 10. The molecule has 168 valence electrons. The number of nitrogens with zero attached hydrogens (tertiary/aromatic N) is 4. The van der Waals surface area contributed by atoms with Gasteiger partial charge in [0.25, 0.3) is 0 Å². The summed E-state index contributed by atoms with van der Waals surface area (Å²) in [5, 5.41) is 7.39. The van der Waals surface area contributed by atoms with E-state index in [9.17, 15) is 0 Å². The third-order valence-electron chi connectivity index (χ3n) is 7.21. The topological polar surface area (TPSA) is 35.6 Å². The summed E-state index contributed by atoms with van der Waals surface area (Å²) in [7, 11) is 0. The van der Waals surface area contributed by atoms with Gasteiger partial charge in [-0.15, -0.1) is 0 Å². The average molecular weight is 461 g/mol. The molecule has 0 aliphatic rings. The fraction of sp³-hybridized carbons (Fsp3) is 0. The highest BCUT2D eigenvalue weighted by atomic mass is 15.2. The van der Waals surface area contributed by atoms with E-state index in [1.54, 1.807) is 0 Å². The second-order valence-corrected chi connectivity index (χ2v) is 9.08. The maximum atomic E-state index is 4.71. The van der Waals surface area contributed by atoms with Crippen LogP contribution in [0.5, 0.6) is 0 Å². The minimum Gasteiger partial charge on any atom is -0.307 e. The van der Waals surface area contributed by atoms with Gasteiger partial charge in [0.2, 0.25) is 5.95 Å². The fourth-order valence-electron chi connectivity index (χ4n) is 5.85. The molecule has 4 heteroatoms. The Kier molecular flexibility index (Phi) is 3.91. The lowest BCUT2D eigenvalue weighted by Crippen LogP contribution is -2.02. The van der Waals surface area contributed by atoms with Gasteiger partial charge in [0.05, 0.1) is 22.1 Å². The number of hydrogen-bond donors (Lipinski definition) is 0. The molecule has 0 atom stereocenters. The van der Waals surface area contributed by atoms with Gasteiger partial charge < -0.3 is 4.57 Å². The number of para-hydroxylation sites is 3. The lowest BCUT2D eigenvalue weighted by atomic mass is 9.98. The smallest absolute Gasteiger partial charge is 0.234 e. The van der Waals surface area contributed by atoms with Crippen LogP contribution in [0.3, 0.4) is 0 Å². The summed E-state index contributed by atoms with van der Waals surface area (Å²) < 4.78 is 4.63. The van der Waals surface area contributed by atoms with Gasteiger partial charge in [-0.1, -0.05) is 78.9 Å². The van der Waals surface area contributed by atoms with Crippen LogP contribution in [0.25, 0.3) is 66.0 Å². The Morgan fingerprint density at radius 3 is 1.50 bits per heavy atom. The van der Waals surface area contributed by atoms with Gasteiger partial charge in [0.15, 0.2) is 0 Å². The Balaban J connectivity index is 1.79. The van der Waals surface area contributed by atoms with E-state index in [-0.39, 0.29) is 0 Å². The Morgan fingerprint density at radius 2 is 0.889 bits per heavy atom. The molecule has 3 heterocycles. The monoisotopic (exact) mass is 460 g/mol. The number of hydrogen-bond acceptors (Lipinski definition) is 2. The molecule has 0 spiro atoms. The second kappa shape index (κ2) is 7.27. The molecule has 0 saturated carbocycles. The molecule has 8 rings (SSSR count). The normalized spacial score (nSPS) is 11.9. The maximum absolute atomic E-state index is 4.71. The van der Waals surface area contributed by atoms with Gasteiger partial charge in [-0.3, -0.25) is 4.57 Å². The van der Waals surface area contributed by atoms with Gasteiger partial charge in [-0.25, -0.2) is 9.97 Å². The standard InChI is InChI=1S/C32H20N4/c1-2-11-21(12-3-1)35-26-17-8-6-15-24(26)28-22-13-4-5-14-23(22)29-25-16-7-9-18-27(25)36(31(29)30(28)35)32-33-19-10-20-34-32/h1-20H. The van der Waals surface area contributed by atoms with Crippen LogP contribution in [-0.2, 0) is 0 Å². The summed E-state index contributed by atoms with van der Waals surface area (Å²) in [4.78, 5) is 9.41. The summed E-state index contributed by atoms with van der Waals surface area (Å²) in [5.74, 6) is 0.671. The first kappa shape index (κ1) is 19.4. The summed E-state index contributed by atoms with van der Waals surface area (Å²) in [6.07, 6.45) is 3.63.